The molecule has 0 radical (unpaired) electrons. The van der Waals surface area contributed by atoms with Gasteiger partial charge < -0.3 is 10.5 Å². The maximum Gasteiger partial charge on any atom is 0.136 e. The second kappa shape index (κ2) is 3.31. The van der Waals surface area contributed by atoms with Gasteiger partial charge in [0.05, 0.1) is 6.04 Å². The molecule has 15 heavy (non-hydrogen) atoms. The zero-order valence-corrected chi connectivity index (χ0v) is 9.32. The molecular weight excluding hydrogens is 186 g/mol. The predicted molar refractivity (Wildman–Crippen MR) is 59.3 cm³/mol. The van der Waals surface area contributed by atoms with Crippen LogP contribution in [0.5, 0.6) is 0 Å². The maximum atomic E-state index is 10.7. The van der Waals surface area contributed by atoms with Crippen LogP contribution in [0, 0.1) is 23.2 Å². The average Bonchev–Trinajstić information content (AvgIpc) is 2.14. The Morgan fingerprint density at radius 2 is 1.60 bits per heavy atom. The molecule has 0 aromatic rings. The van der Waals surface area contributed by atoms with Gasteiger partial charge in [0.25, 0.3) is 0 Å². The van der Waals surface area contributed by atoms with Crippen LogP contribution in [0.15, 0.2) is 0 Å². The Balaban J connectivity index is 1.78. The Hall–Kier alpha value is -0.370. The summed E-state index contributed by atoms with van der Waals surface area (Å²) in [6, 6.07) is -0.207. The van der Waals surface area contributed by atoms with Crippen LogP contribution in [0.4, 0.5) is 0 Å². The lowest BCUT2D eigenvalue weighted by molar-refractivity contribution is -0.111. The van der Waals surface area contributed by atoms with Crippen LogP contribution in [0.25, 0.3) is 0 Å². The number of rotatable bonds is 3. The molecule has 1 atom stereocenters. The van der Waals surface area contributed by atoms with Crippen molar-refractivity contribution in [1.29, 1.82) is 0 Å². The second-order valence-electron chi connectivity index (χ2n) is 6.42. The quantitative estimate of drug-likeness (QED) is 0.720. The van der Waals surface area contributed by atoms with Crippen molar-refractivity contribution in [3.63, 3.8) is 0 Å². The van der Waals surface area contributed by atoms with Crippen molar-refractivity contribution in [2.24, 2.45) is 28.9 Å². The van der Waals surface area contributed by atoms with Gasteiger partial charge in [0.15, 0.2) is 0 Å². The molecule has 0 aromatic carbocycles. The lowest BCUT2D eigenvalue weighted by Gasteiger charge is -2.57. The Kier molecular flexibility index (Phi) is 2.17. The highest BCUT2D eigenvalue weighted by atomic mass is 16.1. The fraction of sp³-hybridized carbons (Fsp3) is 0.923. The molecule has 4 rings (SSSR count). The minimum absolute atomic E-state index is 0.207. The van der Waals surface area contributed by atoms with Crippen LogP contribution >= 0.6 is 0 Å². The van der Waals surface area contributed by atoms with Gasteiger partial charge in [-0.2, -0.15) is 0 Å². The van der Waals surface area contributed by atoms with Crippen molar-refractivity contribution in [2.75, 3.05) is 0 Å². The van der Waals surface area contributed by atoms with E-state index < -0.39 is 0 Å². The maximum absolute atomic E-state index is 10.7. The third-order valence-electron chi connectivity index (χ3n) is 5.01. The molecule has 84 valence electrons. The molecule has 4 aliphatic carbocycles. The summed E-state index contributed by atoms with van der Waals surface area (Å²) < 4.78 is 0. The van der Waals surface area contributed by atoms with E-state index in [1.807, 2.05) is 0 Å². The van der Waals surface area contributed by atoms with Crippen molar-refractivity contribution < 1.29 is 4.79 Å². The highest BCUT2D eigenvalue weighted by Crippen LogP contribution is 2.61. The standard InChI is InChI=1S/C13H21NO/c14-12(8-15)7-13-4-9-1-10(5-13)3-11(2-9)6-13/h8-12H,1-7,14H2/t9?,10?,11?,12-,13?/m1/s1. The Labute approximate surface area is 91.6 Å². The summed E-state index contributed by atoms with van der Waals surface area (Å²) >= 11 is 0. The molecule has 0 unspecified atom stereocenters. The van der Waals surface area contributed by atoms with Crippen molar-refractivity contribution in [3.05, 3.63) is 0 Å². The number of hydrogen-bond acceptors (Lipinski definition) is 2. The highest BCUT2D eigenvalue weighted by Gasteiger charge is 2.50. The van der Waals surface area contributed by atoms with E-state index in [1.54, 1.807) is 0 Å². The molecule has 4 fully saturated rings. The van der Waals surface area contributed by atoms with Gasteiger partial charge >= 0.3 is 0 Å². The fourth-order valence-electron chi connectivity index (χ4n) is 5.09. The van der Waals surface area contributed by atoms with Gasteiger partial charge in [-0.05, 0) is 68.1 Å². The van der Waals surface area contributed by atoms with E-state index in [0.29, 0.717) is 5.41 Å². The Morgan fingerprint density at radius 3 is 2.00 bits per heavy atom. The lowest BCUT2D eigenvalue weighted by Crippen LogP contribution is -2.48. The average molecular weight is 207 g/mol. The molecule has 0 aliphatic heterocycles. The third kappa shape index (κ3) is 1.63. The second-order valence-corrected chi connectivity index (χ2v) is 6.42. The topological polar surface area (TPSA) is 43.1 Å². The van der Waals surface area contributed by atoms with Gasteiger partial charge in [-0.3, -0.25) is 0 Å². The Morgan fingerprint density at radius 1 is 1.13 bits per heavy atom. The number of carbonyl (C=O) groups is 1. The summed E-state index contributed by atoms with van der Waals surface area (Å²) in [5, 5.41) is 0. The minimum atomic E-state index is -0.207. The predicted octanol–water partition coefficient (Wildman–Crippen LogP) is 2.12. The van der Waals surface area contributed by atoms with Gasteiger partial charge in [0.1, 0.15) is 6.29 Å². The van der Waals surface area contributed by atoms with E-state index in [4.69, 9.17) is 5.73 Å². The van der Waals surface area contributed by atoms with E-state index in [1.165, 1.54) is 38.5 Å². The molecular formula is C13H21NO. The van der Waals surface area contributed by atoms with Gasteiger partial charge in [0.2, 0.25) is 0 Å². The number of aldehydes is 1. The summed E-state index contributed by atoms with van der Waals surface area (Å²) in [5.74, 6) is 2.90. The summed E-state index contributed by atoms with van der Waals surface area (Å²) in [7, 11) is 0. The molecule has 4 bridgehead atoms. The van der Waals surface area contributed by atoms with Gasteiger partial charge in [-0.25, -0.2) is 0 Å². The number of carbonyl (C=O) groups excluding carboxylic acids is 1. The van der Waals surface area contributed by atoms with Crippen LogP contribution in [0.1, 0.15) is 44.9 Å². The van der Waals surface area contributed by atoms with E-state index in [0.717, 1.165) is 30.5 Å². The molecule has 0 amide bonds. The van der Waals surface area contributed by atoms with Crippen LogP contribution < -0.4 is 5.73 Å². The zero-order chi connectivity index (χ0) is 10.5. The molecule has 0 spiro atoms. The van der Waals surface area contributed by atoms with Gasteiger partial charge in [-0.1, -0.05) is 0 Å². The first-order valence-corrected chi connectivity index (χ1v) is 6.40. The lowest BCUT2D eigenvalue weighted by atomic mass is 9.48. The molecule has 4 aliphatic rings. The van der Waals surface area contributed by atoms with E-state index in [2.05, 4.69) is 0 Å². The van der Waals surface area contributed by atoms with Crippen LogP contribution in [0.2, 0.25) is 0 Å². The third-order valence-corrected chi connectivity index (χ3v) is 5.01. The molecule has 4 saturated carbocycles. The van der Waals surface area contributed by atoms with Gasteiger partial charge in [-0.15, -0.1) is 0 Å². The first kappa shape index (κ1) is 9.83. The monoisotopic (exact) mass is 207 g/mol. The van der Waals surface area contributed by atoms with Crippen LogP contribution in [-0.4, -0.2) is 12.3 Å². The van der Waals surface area contributed by atoms with Crippen molar-refractivity contribution >= 4 is 6.29 Å². The molecule has 0 saturated heterocycles. The highest BCUT2D eigenvalue weighted by molar-refractivity contribution is 5.57. The van der Waals surface area contributed by atoms with Gasteiger partial charge in [0, 0.05) is 0 Å². The van der Waals surface area contributed by atoms with E-state index >= 15 is 0 Å². The first-order valence-electron chi connectivity index (χ1n) is 6.40. The normalized spacial score (nSPS) is 49.3. The van der Waals surface area contributed by atoms with E-state index in [9.17, 15) is 4.79 Å². The molecule has 2 N–H and O–H groups in total. The summed E-state index contributed by atoms with van der Waals surface area (Å²) in [6.45, 7) is 0. The summed E-state index contributed by atoms with van der Waals surface area (Å²) in [6.07, 6.45) is 10.4. The first-order chi connectivity index (χ1) is 7.19. The molecule has 0 heterocycles. The summed E-state index contributed by atoms with van der Waals surface area (Å²) in [4.78, 5) is 10.7. The van der Waals surface area contributed by atoms with Crippen LogP contribution in [-0.2, 0) is 4.79 Å². The van der Waals surface area contributed by atoms with Crippen LogP contribution in [0.3, 0.4) is 0 Å². The molecule has 2 nitrogen and oxygen atoms in total. The van der Waals surface area contributed by atoms with E-state index in [-0.39, 0.29) is 6.04 Å². The zero-order valence-electron chi connectivity index (χ0n) is 9.32. The molecule has 0 aromatic heterocycles. The summed E-state index contributed by atoms with van der Waals surface area (Å²) in [5.41, 5.74) is 6.29. The number of nitrogens with two attached hydrogens (primary N) is 1. The smallest absolute Gasteiger partial charge is 0.136 e. The van der Waals surface area contributed by atoms with Crippen molar-refractivity contribution in [1.82, 2.24) is 0 Å². The minimum Gasteiger partial charge on any atom is -0.322 e. The number of hydrogen-bond donors (Lipinski definition) is 1. The van der Waals surface area contributed by atoms with Crippen molar-refractivity contribution in [2.45, 2.75) is 51.0 Å². The Bertz CT molecular complexity index is 238. The molecule has 2 heteroatoms. The van der Waals surface area contributed by atoms with Crippen molar-refractivity contribution in [3.8, 4) is 0 Å². The fourth-order valence-corrected chi connectivity index (χ4v) is 5.09. The SMILES string of the molecule is N[C@@H](C=O)CC12CC3CC(CC(C3)C1)C2. The largest absolute Gasteiger partial charge is 0.322 e.